The van der Waals surface area contributed by atoms with Gasteiger partial charge in [-0.3, -0.25) is 4.79 Å². The first kappa shape index (κ1) is 13.5. The summed E-state index contributed by atoms with van der Waals surface area (Å²) in [5, 5.41) is 18.6. The van der Waals surface area contributed by atoms with Crippen LogP contribution in [0.1, 0.15) is 42.6 Å². The molecule has 7 heteroatoms. The van der Waals surface area contributed by atoms with E-state index in [0.29, 0.717) is 12.5 Å². The second kappa shape index (κ2) is 6.31. The highest BCUT2D eigenvalue weighted by Crippen LogP contribution is 2.22. The van der Waals surface area contributed by atoms with Crippen LogP contribution in [0.2, 0.25) is 0 Å². The van der Waals surface area contributed by atoms with Crippen molar-refractivity contribution in [2.24, 2.45) is 5.92 Å². The summed E-state index contributed by atoms with van der Waals surface area (Å²) in [5.74, 6) is -0.732. The quantitative estimate of drug-likeness (QED) is 0.816. The average Bonchev–Trinajstić information content (AvgIpc) is 2.86. The van der Waals surface area contributed by atoms with Gasteiger partial charge in [-0.05, 0) is 18.8 Å². The minimum atomic E-state index is -1.14. The smallest absolute Gasteiger partial charge is 0.358 e. The molecule has 1 heterocycles. The summed E-state index contributed by atoms with van der Waals surface area (Å²) in [5.41, 5.74) is -0.153. The van der Waals surface area contributed by atoms with Crippen LogP contribution in [0.4, 0.5) is 0 Å². The Labute approximate surface area is 111 Å². The molecule has 0 aromatic carbocycles. The molecule has 104 valence electrons. The van der Waals surface area contributed by atoms with Crippen molar-refractivity contribution in [1.82, 2.24) is 20.3 Å². The predicted molar refractivity (Wildman–Crippen MR) is 66.6 cm³/mol. The van der Waals surface area contributed by atoms with Crippen LogP contribution >= 0.6 is 0 Å². The Hall–Kier alpha value is -1.92. The molecule has 1 saturated carbocycles. The maximum absolute atomic E-state index is 11.7. The van der Waals surface area contributed by atoms with E-state index in [-0.39, 0.29) is 18.1 Å². The van der Waals surface area contributed by atoms with Gasteiger partial charge in [0.05, 0.1) is 6.20 Å². The molecule has 7 nitrogen and oxygen atoms in total. The molecule has 0 spiro atoms. The third kappa shape index (κ3) is 4.04. The number of aromatic nitrogens is 3. The van der Waals surface area contributed by atoms with Crippen LogP contribution in [0.15, 0.2) is 6.20 Å². The average molecular weight is 266 g/mol. The number of hydrogen-bond acceptors (Lipinski definition) is 4. The molecule has 0 unspecified atom stereocenters. The van der Waals surface area contributed by atoms with E-state index in [0.717, 1.165) is 0 Å². The number of carboxylic acids is 1. The number of carboxylic acid groups (broad SMARTS) is 1. The van der Waals surface area contributed by atoms with Crippen molar-refractivity contribution >= 4 is 11.9 Å². The molecule has 1 aromatic rings. The van der Waals surface area contributed by atoms with E-state index in [1.165, 1.54) is 43.0 Å². The number of amides is 1. The van der Waals surface area contributed by atoms with Crippen LogP contribution in [0.3, 0.4) is 0 Å². The van der Waals surface area contributed by atoms with Crippen LogP contribution < -0.4 is 5.32 Å². The zero-order valence-corrected chi connectivity index (χ0v) is 10.7. The summed E-state index contributed by atoms with van der Waals surface area (Å²) in [6.07, 6.45) is 7.38. The summed E-state index contributed by atoms with van der Waals surface area (Å²) in [6.45, 7) is 0.701. The number of carbonyl (C=O) groups excluding carboxylic acids is 1. The molecule has 2 N–H and O–H groups in total. The van der Waals surface area contributed by atoms with Gasteiger partial charge in [-0.15, -0.1) is 5.10 Å². The molecular formula is C12H18N4O3. The minimum Gasteiger partial charge on any atom is -0.476 e. The molecule has 1 aromatic heterocycles. The summed E-state index contributed by atoms with van der Waals surface area (Å²) in [6, 6.07) is 0. The molecule has 0 aliphatic heterocycles. The monoisotopic (exact) mass is 266 g/mol. The van der Waals surface area contributed by atoms with Gasteiger partial charge in [-0.1, -0.05) is 24.5 Å². The maximum atomic E-state index is 11.7. The van der Waals surface area contributed by atoms with E-state index >= 15 is 0 Å². The lowest BCUT2D eigenvalue weighted by Crippen LogP contribution is -2.33. The summed E-state index contributed by atoms with van der Waals surface area (Å²) in [4.78, 5) is 22.3. The van der Waals surface area contributed by atoms with Crippen molar-refractivity contribution in [3.8, 4) is 0 Å². The van der Waals surface area contributed by atoms with Crippen LogP contribution in [0, 0.1) is 5.92 Å². The first-order valence-electron chi connectivity index (χ1n) is 6.55. The van der Waals surface area contributed by atoms with Gasteiger partial charge in [-0.2, -0.15) is 0 Å². The minimum absolute atomic E-state index is 0.00694. The number of carbonyl (C=O) groups is 2. The van der Waals surface area contributed by atoms with Gasteiger partial charge in [0, 0.05) is 6.54 Å². The molecule has 0 saturated heterocycles. The lowest BCUT2D eigenvalue weighted by atomic mass is 9.89. The summed E-state index contributed by atoms with van der Waals surface area (Å²) in [7, 11) is 0. The van der Waals surface area contributed by atoms with Crippen molar-refractivity contribution in [2.45, 2.75) is 38.6 Å². The Morgan fingerprint density at radius 1 is 1.37 bits per heavy atom. The molecule has 1 aliphatic rings. The highest BCUT2D eigenvalue weighted by Gasteiger charge is 2.15. The number of nitrogens with one attached hydrogen (secondary N) is 1. The van der Waals surface area contributed by atoms with E-state index in [4.69, 9.17) is 5.11 Å². The summed E-state index contributed by atoms with van der Waals surface area (Å²) < 4.78 is 1.24. The Bertz CT molecular complexity index is 452. The van der Waals surface area contributed by atoms with Crippen molar-refractivity contribution in [2.75, 3.05) is 6.54 Å². The fourth-order valence-corrected chi connectivity index (χ4v) is 2.33. The topological polar surface area (TPSA) is 97.1 Å². The SMILES string of the molecule is O=C(Cn1cc(C(=O)O)nn1)NCC1CCCCC1. The Balaban J connectivity index is 1.75. The molecular weight excluding hydrogens is 248 g/mol. The largest absolute Gasteiger partial charge is 0.476 e. The first-order chi connectivity index (χ1) is 9.15. The highest BCUT2D eigenvalue weighted by atomic mass is 16.4. The van der Waals surface area contributed by atoms with Gasteiger partial charge < -0.3 is 10.4 Å². The van der Waals surface area contributed by atoms with E-state index in [1.54, 1.807) is 0 Å². The van der Waals surface area contributed by atoms with Gasteiger partial charge in [0.15, 0.2) is 5.69 Å². The van der Waals surface area contributed by atoms with Crippen molar-refractivity contribution in [1.29, 1.82) is 0 Å². The number of hydrogen-bond donors (Lipinski definition) is 2. The van der Waals surface area contributed by atoms with Crippen LogP contribution in [0.25, 0.3) is 0 Å². The zero-order valence-electron chi connectivity index (χ0n) is 10.7. The normalized spacial score (nSPS) is 16.2. The maximum Gasteiger partial charge on any atom is 0.358 e. The number of rotatable bonds is 5. The molecule has 0 atom stereocenters. The fourth-order valence-electron chi connectivity index (χ4n) is 2.33. The molecule has 1 aliphatic carbocycles. The molecule has 0 radical (unpaired) electrons. The molecule has 19 heavy (non-hydrogen) atoms. The van der Waals surface area contributed by atoms with E-state index in [2.05, 4.69) is 15.6 Å². The number of nitrogens with zero attached hydrogens (tertiary/aromatic N) is 3. The van der Waals surface area contributed by atoms with Crippen LogP contribution in [-0.2, 0) is 11.3 Å². The lowest BCUT2D eigenvalue weighted by Gasteiger charge is -2.21. The molecule has 1 amide bonds. The van der Waals surface area contributed by atoms with Crippen molar-refractivity contribution in [3.05, 3.63) is 11.9 Å². The second-order valence-electron chi connectivity index (χ2n) is 4.91. The van der Waals surface area contributed by atoms with Gasteiger partial charge >= 0.3 is 5.97 Å². The predicted octanol–water partition coefficient (Wildman–Crippen LogP) is 0.673. The van der Waals surface area contributed by atoms with Gasteiger partial charge in [0.2, 0.25) is 5.91 Å². The van der Waals surface area contributed by atoms with E-state index < -0.39 is 5.97 Å². The van der Waals surface area contributed by atoms with Crippen LogP contribution in [0.5, 0.6) is 0 Å². The molecule has 1 fully saturated rings. The number of aromatic carboxylic acids is 1. The van der Waals surface area contributed by atoms with Gasteiger partial charge in [0.25, 0.3) is 0 Å². The fraction of sp³-hybridized carbons (Fsp3) is 0.667. The van der Waals surface area contributed by atoms with Gasteiger partial charge in [0.1, 0.15) is 6.54 Å². The standard InChI is InChI=1S/C12H18N4O3/c17-11(13-6-9-4-2-1-3-5-9)8-16-7-10(12(18)19)14-15-16/h7,9H,1-6,8H2,(H,13,17)(H,18,19). The Morgan fingerprint density at radius 2 is 2.11 bits per heavy atom. The highest BCUT2D eigenvalue weighted by molar-refractivity contribution is 5.84. The van der Waals surface area contributed by atoms with E-state index in [9.17, 15) is 9.59 Å². The first-order valence-corrected chi connectivity index (χ1v) is 6.55. The van der Waals surface area contributed by atoms with Gasteiger partial charge in [-0.25, -0.2) is 9.48 Å². The van der Waals surface area contributed by atoms with Crippen molar-refractivity contribution in [3.63, 3.8) is 0 Å². The lowest BCUT2D eigenvalue weighted by molar-refractivity contribution is -0.122. The zero-order chi connectivity index (χ0) is 13.7. The third-order valence-electron chi connectivity index (χ3n) is 3.38. The van der Waals surface area contributed by atoms with E-state index in [1.807, 2.05) is 0 Å². The molecule has 0 bridgehead atoms. The summed E-state index contributed by atoms with van der Waals surface area (Å²) >= 11 is 0. The Kier molecular flexibility index (Phi) is 4.48. The van der Waals surface area contributed by atoms with Crippen LogP contribution in [-0.4, -0.2) is 38.5 Å². The molecule has 2 rings (SSSR count). The second-order valence-corrected chi connectivity index (χ2v) is 4.91. The third-order valence-corrected chi connectivity index (χ3v) is 3.38. The Morgan fingerprint density at radius 3 is 2.74 bits per heavy atom. The van der Waals surface area contributed by atoms with Crippen molar-refractivity contribution < 1.29 is 14.7 Å².